The molecule has 45 heavy (non-hydrogen) atoms. The van der Waals surface area contributed by atoms with Crippen molar-refractivity contribution in [1.29, 1.82) is 0 Å². The van der Waals surface area contributed by atoms with E-state index in [9.17, 15) is 28.8 Å². The molecule has 0 aliphatic rings. The molecule has 0 aromatic rings. The van der Waals surface area contributed by atoms with Crippen molar-refractivity contribution >= 4 is 35.2 Å². The molecular weight excluding hydrogens is 641 g/mol. The van der Waals surface area contributed by atoms with Gasteiger partial charge in [0.2, 0.25) is 0 Å². The second-order valence-corrected chi connectivity index (χ2v) is 23.6. The van der Waals surface area contributed by atoms with Gasteiger partial charge in [-0.05, 0) is 25.7 Å². The molecule has 0 radical (unpaired) electrons. The predicted octanol–water partition coefficient (Wildman–Crippen LogP) is 8.19. The topological polar surface area (TPSA) is 149 Å². The van der Waals surface area contributed by atoms with Crippen LogP contribution in [0, 0.1) is 0 Å². The molecule has 0 aromatic heterocycles. The van der Waals surface area contributed by atoms with E-state index in [4.69, 9.17) is 12.3 Å². The Labute approximate surface area is 281 Å². The molecule has 0 amide bonds. The van der Waals surface area contributed by atoms with Gasteiger partial charge < -0.3 is 41.1 Å². The fraction of sp³-hybridized carbons (Fsp3) is 1.00. The Morgan fingerprint density at radius 2 is 0.489 bits per heavy atom. The molecule has 13 heteroatoms. The molecule has 0 spiro atoms. The van der Waals surface area contributed by atoms with Crippen molar-refractivity contribution < 1.29 is 41.1 Å². The van der Waals surface area contributed by atoms with Crippen molar-refractivity contribution in [3.63, 3.8) is 0 Å². The molecule has 0 heterocycles. The summed E-state index contributed by atoms with van der Waals surface area (Å²) in [6, 6.07) is 0.179. The minimum Gasteiger partial charge on any atom is -0.390 e. The van der Waals surface area contributed by atoms with Crippen LogP contribution in [0.4, 0.5) is 0 Å². The summed E-state index contributed by atoms with van der Waals surface area (Å²) in [7, 11) is -17.5. The lowest BCUT2D eigenvalue weighted by atomic mass is 10.1. The third-order valence-corrected chi connectivity index (χ3v) is 20.0. The van der Waals surface area contributed by atoms with Crippen LogP contribution < -0.4 is 0 Å². The largest absolute Gasteiger partial charge is 0.488 e. The summed E-state index contributed by atoms with van der Waals surface area (Å²) in [4.78, 5) is 67.0. The highest BCUT2D eigenvalue weighted by Crippen LogP contribution is 2.32. The van der Waals surface area contributed by atoms with Crippen molar-refractivity contribution in [2.75, 3.05) is 0 Å². The van der Waals surface area contributed by atoms with Crippen LogP contribution in [0.3, 0.4) is 0 Å². The fourth-order valence-electron chi connectivity index (χ4n) is 5.64. The van der Waals surface area contributed by atoms with E-state index >= 15 is 0 Å². The Hall–Kier alpha value is 0.508. The average molecular weight is 715 g/mol. The summed E-state index contributed by atoms with van der Waals surface area (Å²) >= 11 is 0. The van der Waals surface area contributed by atoms with E-state index in [1.165, 1.54) is 0 Å². The third kappa shape index (κ3) is 27.1. The monoisotopic (exact) mass is 714 g/mol. The molecular formula is C32H74O9Si4. The quantitative estimate of drug-likeness (QED) is 0.0287. The minimum absolute atomic E-state index is 0.0305. The zero-order valence-corrected chi connectivity index (χ0v) is 33.7. The molecule has 0 fully saturated rings. The van der Waals surface area contributed by atoms with Crippen LogP contribution in [0.5, 0.6) is 0 Å². The lowest BCUT2D eigenvalue weighted by Crippen LogP contribution is -2.65. The first kappa shape index (κ1) is 45.5. The Kier molecular flexibility index (Phi) is 27.7. The van der Waals surface area contributed by atoms with Gasteiger partial charge in [-0.15, -0.1) is 0 Å². The first-order chi connectivity index (χ1) is 21.4. The molecule has 6 N–H and O–H groups in total. The van der Waals surface area contributed by atoms with Crippen LogP contribution in [-0.4, -0.2) is 64.0 Å². The molecule has 0 rings (SSSR count). The maximum atomic E-state index is 11.2. The van der Waals surface area contributed by atoms with Gasteiger partial charge in [0.05, 0.1) is 0 Å². The van der Waals surface area contributed by atoms with Gasteiger partial charge in [0.15, 0.2) is 0 Å². The summed E-state index contributed by atoms with van der Waals surface area (Å²) in [5, 5.41) is 0. The Bertz CT molecular complexity index is 598. The number of hydrogen-bond acceptors (Lipinski definition) is 9. The predicted molar refractivity (Wildman–Crippen MR) is 192 cm³/mol. The van der Waals surface area contributed by atoms with E-state index in [1.807, 2.05) is 0 Å². The van der Waals surface area contributed by atoms with Gasteiger partial charge in [-0.25, -0.2) is 0 Å². The van der Waals surface area contributed by atoms with Crippen molar-refractivity contribution in [2.24, 2.45) is 0 Å². The van der Waals surface area contributed by atoms with Gasteiger partial charge in [-0.2, -0.15) is 0 Å². The molecule has 0 aliphatic heterocycles. The first-order valence-electron chi connectivity index (χ1n) is 18.8. The average Bonchev–Trinajstić information content (AvgIpc) is 2.95. The van der Waals surface area contributed by atoms with Gasteiger partial charge in [0.25, 0.3) is 0 Å². The van der Waals surface area contributed by atoms with E-state index in [-0.39, 0.29) is 24.2 Å². The number of rotatable bonds is 34. The maximum Gasteiger partial charge on any atom is 0.488 e. The lowest BCUT2D eigenvalue weighted by molar-refractivity contribution is 0.0994. The normalized spacial score (nSPS) is 13.2. The molecule has 0 aliphatic carbocycles. The SMILES string of the molecule is CCCCCCCC[Si](O)(O)O[Si](CCCCCCCC)(O[Si](O)(O)CCCCCCCC)O[Si](O)(O)CCCCCCCC. The maximum absolute atomic E-state index is 11.2. The van der Waals surface area contributed by atoms with Crippen molar-refractivity contribution in [1.82, 2.24) is 0 Å². The highest BCUT2D eigenvalue weighted by atomic mass is 28.5. The molecule has 0 saturated heterocycles. The van der Waals surface area contributed by atoms with Gasteiger partial charge >= 0.3 is 35.2 Å². The Balaban J connectivity index is 5.88. The highest BCUT2D eigenvalue weighted by molar-refractivity contribution is 6.84. The lowest BCUT2D eigenvalue weighted by Gasteiger charge is -2.40. The molecule has 0 atom stereocenters. The van der Waals surface area contributed by atoms with Crippen LogP contribution in [-0.2, 0) is 12.3 Å². The van der Waals surface area contributed by atoms with E-state index in [0.717, 1.165) is 128 Å². The number of hydrogen-bond donors (Lipinski definition) is 6. The molecule has 0 aromatic carbocycles. The minimum atomic E-state index is -4.38. The first-order valence-corrected chi connectivity index (χ1v) is 26.8. The number of unbranched alkanes of at least 4 members (excludes halogenated alkanes) is 20. The van der Waals surface area contributed by atoms with Gasteiger partial charge in [-0.1, -0.05) is 156 Å². The van der Waals surface area contributed by atoms with Crippen molar-refractivity contribution in [3.8, 4) is 0 Å². The van der Waals surface area contributed by atoms with Crippen LogP contribution in [0.2, 0.25) is 24.2 Å². The van der Waals surface area contributed by atoms with E-state index in [0.29, 0.717) is 25.7 Å². The van der Waals surface area contributed by atoms with Crippen molar-refractivity contribution in [3.05, 3.63) is 0 Å². The van der Waals surface area contributed by atoms with Crippen LogP contribution in [0.15, 0.2) is 0 Å². The van der Waals surface area contributed by atoms with Gasteiger partial charge in [-0.3, -0.25) is 0 Å². The van der Waals surface area contributed by atoms with E-state index < -0.39 is 35.2 Å². The van der Waals surface area contributed by atoms with Gasteiger partial charge in [0.1, 0.15) is 0 Å². The van der Waals surface area contributed by atoms with Crippen LogP contribution in [0.1, 0.15) is 182 Å². The molecule has 0 saturated carbocycles. The zero-order valence-electron chi connectivity index (χ0n) is 29.7. The summed E-state index contributed by atoms with van der Waals surface area (Å²) in [5.74, 6) is 0. The third-order valence-electron chi connectivity index (χ3n) is 8.36. The smallest absolute Gasteiger partial charge is 0.390 e. The summed E-state index contributed by atoms with van der Waals surface area (Å²) in [5.41, 5.74) is 0. The summed E-state index contributed by atoms with van der Waals surface area (Å²) in [6.07, 6.45) is 22.9. The van der Waals surface area contributed by atoms with Crippen molar-refractivity contribution in [2.45, 2.75) is 206 Å². The highest BCUT2D eigenvalue weighted by Gasteiger charge is 2.58. The van der Waals surface area contributed by atoms with Crippen LogP contribution in [0.25, 0.3) is 0 Å². The summed E-state index contributed by atoms with van der Waals surface area (Å²) < 4.78 is 18.1. The zero-order chi connectivity index (χ0) is 33.9. The molecule has 0 bridgehead atoms. The second kappa shape index (κ2) is 27.3. The molecule has 9 nitrogen and oxygen atoms in total. The molecule has 272 valence electrons. The van der Waals surface area contributed by atoms with E-state index in [2.05, 4.69) is 27.7 Å². The van der Waals surface area contributed by atoms with Crippen LogP contribution >= 0.6 is 0 Å². The fourth-order valence-corrected chi connectivity index (χ4v) is 18.5. The molecule has 0 unspecified atom stereocenters. The standard InChI is InChI=1S/C32H74O9Si4/c1-5-9-13-17-21-25-29-42(33,34)39-45(32-28-24-20-16-12-8-4,40-43(35,36)30-26-22-18-14-10-6-2)41-44(37,38)31-27-23-19-15-11-7-3/h33-38H,5-32H2,1-4H3. The van der Waals surface area contributed by atoms with Gasteiger partial charge in [0, 0.05) is 24.2 Å². The second-order valence-electron chi connectivity index (χ2n) is 13.3. The van der Waals surface area contributed by atoms with E-state index in [1.54, 1.807) is 0 Å². The Morgan fingerprint density at radius 3 is 0.733 bits per heavy atom. The Morgan fingerprint density at radius 1 is 0.289 bits per heavy atom. The summed E-state index contributed by atoms with van der Waals surface area (Å²) in [6.45, 7) is 8.60.